The SMILES string of the molecule is CCCCOS(=O)(=O)c1ccc(-n2nnc3ccccc32)cc1.[H-].[Na+]. The van der Waals surface area contributed by atoms with Crippen molar-refractivity contribution < 1.29 is 43.6 Å². The number of nitrogens with zero attached hydrogens (tertiary/aromatic N) is 3. The van der Waals surface area contributed by atoms with Gasteiger partial charge in [0.15, 0.2) is 0 Å². The van der Waals surface area contributed by atoms with Gasteiger partial charge in [0.1, 0.15) is 5.52 Å². The van der Waals surface area contributed by atoms with Crippen LogP contribution < -0.4 is 29.6 Å². The van der Waals surface area contributed by atoms with E-state index >= 15 is 0 Å². The van der Waals surface area contributed by atoms with Crippen LogP contribution in [0.4, 0.5) is 0 Å². The summed E-state index contributed by atoms with van der Waals surface area (Å²) in [6.07, 6.45) is 1.59. The Morgan fingerprint density at radius 2 is 1.83 bits per heavy atom. The fourth-order valence-corrected chi connectivity index (χ4v) is 3.14. The minimum absolute atomic E-state index is 0. The van der Waals surface area contributed by atoms with Crippen LogP contribution in [0, 0.1) is 0 Å². The zero-order valence-corrected chi connectivity index (χ0v) is 16.5. The van der Waals surface area contributed by atoms with E-state index in [0.717, 1.165) is 23.1 Å². The molecule has 0 bridgehead atoms. The first-order chi connectivity index (χ1) is 11.1. The van der Waals surface area contributed by atoms with E-state index in [9.17, 15) is 8.42 Å². The quantitative estimate of drug-likeness (QED) is 0.355. The Bertz CT molecular complexity index is 914. The molecule has 0 saturated heterocycles. The third kappa shape index (κ3) is 4.04. The molecule has 1 aromatic heterocycles. The average molecular weight is 355 g/mol. The minimum Gasteiger partial charge on any atom is -1.00 e. The van der Waals surface area contributed by atoms with E-state index in [-0.39, 0.29) is 42.5 Å². The second kappa shape index (κ2) is 8.22. The van der Waals surface area contributed by atoms with Crippen molar-refractivity contribution in [3.05, 3.63) is 48.5 Å². The van der Waals surface area contributed by atoms with Crippen LogP contribution in [0.2, 0.25) is 0 Å². The molecule has 3 aromatic rings. The van der Waals surface area contributed by atoms with Gasteiger partial charge in [0.05, 0.1) is 22.7 Å². The van der Waals surface area contributed by atoms with Crippen LogP contribution in [-0.4, -0.2) is 30.0 Å². The number of hydrogen-bond acceptors (Lipinski definition) is 5. The topological polar surface area (TPSA) is 74.1 Å². The number of fused-ring (bicyclic) bond motifs is 1. The van der Waals surface area contributed by atoms with E-state index < -0.39 is 10.1 Å². The molecular formula is C16H18N3NaO3S. The summed E-state index contributed by atoms with van der Waals surface area (Å²) in [6.45, 7) is 2.18. The van der Waals surface area contributed by atoms with Crippen LogP contribution in [0.15, 0.2) is 53.4 Å². The van der Waals surface area contributed by atoms with E-state index in [1.807, 2.05) is 31.2 Å². The second-order valence-electron chi connectivity index (χ2n) is 5.11. The summed E-state index contributed by atoms with van der Waals surface area (Å²) in [7, 11) is -3.71. The molecule has 2 aromatic carbocycles. The largest absolute Gasteiger partial charge is 1.00 e. The van der Waals surface area contributed by atoms with Gasteiger partial charge in [0, 0.05) is 0 Å². The van der Waals surface area contributed by atoms with Gasteiger partial charge in [-0.3, -0.25) is 4.18 Å². The fourth-order valence-electron chi connectivity index (χ4n) is 2.19. The molecule has 3 rings (SSSR count). The number of para-hydroxylation sites is 1. The monoisotopic (exact) mass is 355 g/mol. The van der Waals surface area contributed by atoms with Crippen molar-refractivity contribution >= 4 is 21.2 Å². The molecule has 0 saturated carbocycles. The predicted molar refractivity (Wildman–Crippen MR) is 88.0 cm³/mol. The maximum Gasteiger partial charge on any atom is 1.00 e. The van der Waals surface area contributed by atoms with Crippen LogP contribution in [-0.2, 0) is 14.3 Å². The van der Waals surface area contributed by atoms with Crippen molar-refractivity contribution in [3.63, 3.8) is 0 Å². The maximum absolute atomic E-state index is 12.1. The van der Waals surface area contributed by atoms with Gasteiger partial charge in [-0.05, 0) is 42.8 Å². The summed E-state index contributed by atoms with van der Waals surface area (Å²) in [5.74, 6) is 0. The Hall–Kier alpha value is -1.25. The number of rotatable bonds is 6. The van der Waals surface area contributed by atoms with E-state index in [2.05, 4.69) is 10.3 Å². The van der Waals surface area contributed by atoms with Gasteiger partial charge in [0.2, 0.25) is 0 Å². The van der Waals surface area contributed by atoms with Crippen LogP contribution in [0.5, 0.6) is 0 Å². The van der Waals surface area contributed by atoms with E-state index in [4.69, 9.17) is 4.18 Å². The van der Waals surface area contributed by atoms with E-state index in [0.29, 0.717) is 6.42 Å². The zero-order valence-electron chi connectivity index (χ0n) is 14.7. The van der Waals surface area contributed by atoms with Crippen LogP contribution >= 0.6 is 0 Å². The third-order valence-corrected chi connectivity index (χ3v) is 4.78. The van der Waals surface area contributed by atoms with Gasteiger partial charge >= 0.3 is 29.6 Å². The average Bonchev–Trinajstić information content (AvgIpc) is 2.99. The normalized spacial score (nSPS) is 11.4. The van der Waals surface area contributed by atoms with Crippen LogP contribution in [0.1, 0.15) is 21.2 Å². The van der Waals surface area contributed by atoms with Gasteiger partial charge in [-0.25, -0.2) is 4.68 Å². The summed E-state index contributed by atoms with van der Waals surface area (Å²) in [4.78, 5) is 0.141. The first-order valence-electron chi connectivity index (χ1n) is 7.42. The zero-order chi connectivity index (χ0) is 16.3. The summed E-state index contributed by atoms with van der Waals surface area (Å²) in [5, 5.41) is 8.19. The summed E-state index contributed by atoms with van der Waals surface area (Å²) >= 11 is 0. The molecule has 24 heavy (non-hydrogen) atoms. The molecule has 0 aliphatic heterocycles. The summed E-state index contributed by atoms with van der Waals surface area (Å²) < 4.78 is 30.8. The van der Waals surface area contributed by atoms with Gasteiger partial charge in [-0.1, -0.05) is 30.7 Å². The predicted octanol–water partition coefficient (Wildman–Crippen LogP) is 0.0424. The van der Waals surface area contributed by atoms with Crippen molar-refractivity contribution in [1.29, 1.82) is 0 Å². The summed E-state index contributed by atoms with van der Waals surface area (Å²) in [6, 6.07) is 14.0. The molecule has 0 amide bonds. The first kappa shape index (κ1) is 19.1. The first-order valence-corrected chi connectivity index (χ1v) is 8.83. The van der Waals surface area contributed by atoms with E-state index in [1.54, 1.807) is 16.8 Å². The van der Waals surface area contributed by atoms with E-state index in [1.165, 1.54) is 12.1 Å². The second-order valence-corrected chi connectivity index (χ2v) is 6.73. The molecular weight excluding hydrogens is 337 g/mol. The molecule has 0 aliphatic rings. The van der Waals surface area contributed by atoms with Gasteiger partial charge in [-0.2, -0.15) is 8.42 Å². The van der Waals surface area contributed by atoms with Crippen molar-refractivity contribution in [2.24, 2.45) is 0 Å². The Morgan fingerprint density at radius 3 is 2.54 bits per heavy atom. The molecule has 1 heterocycles. The maximum atomic E-state index is 12.1. The third-order valence-electron chi connectivity index (χ3n) is 3.46. The molecule has 0 spiro atoms. The van der Waals surface area contributed by atoms with Crippen molar-refractivity contribution in [1.82, 2.24) is 15.0 Å². The van der Waals surface area contributed by atoms with Crippen molar-refractivity contribution in [2.45, 2.75) is 24.7 Å². The van der Waals surface area contributed by atoms with Crippen LogP contribution in [0.25, 0.3) is 16.7 Å². The van der Waals surface area contributed by atoms with Gasteiger partial charge in [0.25, 0.3) is 10.1 Å². The molecule has 0 N–H and O–H groups in total. The smallest absolute Gasteiger partial charge is 1.00 e. The van der Waals surface area contributed by atoms with Gasteiger partial charge in [-0.15, -0.1) is 5.10 Å². The Kier molecular flexibility index (Phi) is 6.54. The molecule has 0 fully saturated rings. The number of benzene rings is 2. The summed E-state index contributed by atoms with van der Waals surface area (Å²) in [5.41, 5.74) is 2.39. The molecule has 0 aliphatic carbocycles. The van der Waals surface area contributed by atoms with Gasteiger partial charge < -0.3 is 1.43 Å². The number of hydrogen-bond donors (Lipinski definition) is 0. The number of aromatic nitrogens is 3. The van der Waals surface area contributed by atoms with Crippen molar-refractivity contribution in [2.75, 3.05) is 6.61 Å². The van der Waals surface area contributed by atoms with Crippen LogP contribution in [0.3, 0.4) is 0 Å². The molecule has 0 unspecified atom stereocenters. The number of unbranched alkanes of at least 4 members (excludes halogenated alkanes) is 1. The Morgan fingerprint density at radius 1 is 1.12 bits per heavy atom. The Labute approximate surface area is 164 Å². The molecule has 6 nitrogen and oxygen atoms in total. The molecule has 0 atom stereocenters. The minimum atomic E-state index is -3.71. The molecule has 122 valence electrons. The fraction of sp³-hybridized carbons (Fsp3) is 0.250. The van der Waals surface area contributed by atoms with Crippen molar-refractivity contribution in [3.8, 4) is 5.69 Å². The Balaban J connectivity index is 0.00000156. The standard InChI is InChI=1S/C16H17N3O3S.Na.H/c1-2-3-12-22-23(20,21)14-10-8-13(9-11-14)19-16-7-5-4-6-15(16)17-18-19;;/h4-11H,2-3,12H2,1H3;;/q;+1;-1. The molecule has 0 radical (unpaired) electrons. The molecule has 8 heteroatoms.